The highest BCUT2D eigenvalue weighted by molar-refractivity contribution is 7.94. The van der Waals surface area contributed by atoms with Crippen molar-refractivity contribution < 1.29 is 64.4 Å². The van der Waals surface area contributed by atoms with Gasteiger partial charge < -0.3 is 14.6 Å². The van der Waals surface area contributed by atoms with E-state index in [-0.39, 0.29) is 42.5 Å². The normalized spacial score (nSPS) is 23.2. The third-order valence-corrected chi connectivity index (χ3v) is 16.0. The van der Waals surface area contributed by atoms with E-state index in [1.807, 2.05) is 36.1 Å². The van der Waals surface area contributed by atoms with Gasteiger partial charge in [0, 0.05) is 95.3 Å². The number of allylic oxidation sites excluding steroid dienone is 8. The molecule has 68 heavy (non-hydrogen) atoms. The lowest BCUT2D eigenvalue weighted by Gasteiger charge is -2.31. The van der Waals surface area contributed by atoms with E-state index in [0.29, 0.717) is 42.0 Å². The Morgan fingerprint density at radius 1 is 0.794 bits per heavy atom. The minimum Gasteiger partial charge on any atom is -0.347 e. The summed E-state index contributed by atoms with van der Waals surface area (Å²) >= 11 is 0.922. The summed E-state index contributed by atoms with van der Waals surface area (Å²) in [6.45, 7) is 8.33. The van der Waals surface area contributed by atoms with Crippen molar-refractivity contribution in [2.24, 2.45) is 0 Å². The highest BCUT2D eigenvalue weighted by atomic mass is 32.2. The number of fused-ring (bicyclic) bond motifs is 2. The molecule has 1 saturated carbocycles. The van der Waals surface area contributed by atoms with E-state index in [2.05, 4.69) is 53.6 Å². The van der Waals surface area contributed by atoms with Gasteiger partial charge >= 0.3 is 5.97 Å². The van der Waals surface area contributed by atoms with Crippen LogP contribution in [0.15, 0.2) is 93.0 Å². The molecule has 20 heteroatoms. The molecule has 2 aromatic carbocycles. The molecule has 0 bridgehead atoms. The van der Waals surface area contributed by atoms with Crippen molar-refractivity contribution in [2.45, 2.75) is 131 Å². The highest BCUT2D eigenvalue weighted by Gasteiger charge is 2.44. The Labute approximate surface area is 402 Å². The zero-order valence-corrected chi connectivity index (χ0v) is 41.4. The fourth-order valence-electron chi connectivity index (χ4n) is 10.4. The standard InChI is InChI=1S/C48H60N4O13S3/c1-47(2)37-31-35(66-65-64-56)18-20-39(37)49(4)41(47)22-16-33-13-11-14-34(46(33)50-27-9-6-10-28-50)17-23-42-48(3,26-8-5-7-15-45(55)63-52-43(53)24-25-44(52)54)38-32-36(68(60,61)62)19-21-40(38)51(42)29-12-30-67(57,58)59/h16-23,31-32H,5-15,24-30H2,1-4H3,(H2-,56,57,58,59,60,61,62)/p+1. The van der Waals surface area contributed by atoms with Crippen molar-refractivity contribution in [1.29, 1.82) is 0 Å². The van der Waals surface area contributed by atoms with Crippen molar-refractivity contribution in [3.63, 3.8) is 0 Å². The summed E-state index contributed by atoms with van der Waals surface area (Å²) in [7, 11) is -6.85. The Bertz CT molecular complexity index is 2680. The summed E-state index contributed by atoms with van der Waals surface area (Å²) in [5, 5.41) is 13.1. The number of hydroxylamine groups is 2. The first-order valence-corrected chi connectivity index (χ1v) is 26.9. The average Bonchev–Trinajstić information content (AvgIpc) is 3.80. The van der Waals surface area contributed by atoms with Gasteiger partial charge in [-0.25, -0.2) is 14.6 Å². The average molecular weight is 998 g/mol. The maximum Gasteiger partial charge on any atom is 0.333 e. The predicted molar refractivity (Wildman–Crippen MR) is 256 cm³/mol. The second kappa shape index (κ2) is 21.1. The Morgan fingerprint density at radius 2 is 1.46 bits per heavy atom. The van der Waals surface area contributed by atoms with Crippen LogP contribution in [0.25, 0.3) is 0 Å². The number of imide groups is 1. The monoisotopic (exact) mass is 997 g/mol. The topological polar surface area (TPSA) is 221 Å². The van der Waals surface area contributed by atoms with Crippen LogP contribution in [0.3, 0.4) is 0 Å². The maximum atomic E-state index is 12.6. The second-order valence-corrected chi connectivity index (χ2v) is 22.5. The molecule has 1 aliphatic carbocycles. The zero-order valence-electron chi connectivity index (χ0n) is 38.9. The molecule has 1 unspecified atom stereocenters. The Hall–Kier alpha value is -4.67. The third kappa shape index (κ3) is 11.3. The molecule has 17 nitrogen and oxygen atoms in total. The Balaban J connectivity index is 1.25. The number of benzene rings is 2. The molecule has 5 aliphatic rings. The number of hydrogen-bond acceptors (Lipinski definition) is 14. The molecule has 3 fully saturated rings. The lowest BCUT2D eigenvalue weighted by Crippen LogP contribution is -2.32. The summed E-state index contributed by atoms with van der Waals surface area (Å²) in [6.07, 6.45) is 16.4. The van der Waals surface area contributed by atoms with Crippen LogP contribution in [-0.4, -0.2) is 96.8 Å². The number of amides is 2. The van der Waals surface area contributed by atoms with Gasteiger partial charge in [-0.3, -0.25) is 18.7 Å². The van der Waals surface area contributed by atoms with Crippen LogP contribution in [-0.2, 0) is 59.7 Å². The number of rotatable bonds is 17. The van der Waals surface area contributed by atoms with Crippen molar-refractivity contribution >= 4 is 67.1 Å². The number of carbonyl (C=O) groups is 3. The molecular weight excluding hydrogens is 937 g/mol. The molecule has 7 rings (SSSR count). The van der Waals surface area contributed by atoms with Crippen molar-refractivity contribution in [1.82, 2.24) is 5.06 Å². The minimum atomic E-state index is -4.61. The Morgan fingerprint density at radius 3 is 2.10 bits per heavy atom. The number of carbonyl (C=O) groups excluding carboxylic acids is 3. The minimum absolute atomic E-state index is 0.00700. The first kappa shape index (κ1) is 51.2. The van der Waals surface area contributed by atoms with E-state index < -0.39 is 49.2 Å². The molecule has 1 atom stereocenters. The molecule has 0 spiro atoms. The number of unbranched alkanes of at least 4 members (excludes halogenated alkanes) is 2. The van der Waals surface area contributed by atoms with Gasteiger partial charge in [0.25, 0.3) is 32.1 Å². The van der Waals surface area contributed by atoms with Crippen molar-refractivity contribution in [3.8, 4) is 0 Å². The van der Waals surface area contributed by atoms with Gasteiger partial charge in [0.05, 0.1) is 22.7 Å². The van der Waals surface area contributed by atoms with Crippen LogP contribution in [0.2, 0.25) is 0 Å². The molecular formula is C48H61N4O13S3+. The van der Waals surface area contributed by atoms with Crippen LogP contribution in [0, 0.1) is 0 Å². The molecule has 2 aromatic rings. The van der Waals surface area contributed by atoms with Crippen LogP contribution < -0.4 is 9.80 Å². The predicted octanol–water partition coefficient (Wildman–Crippen LogP) is 8.14. The molecule has 0 radical (unpaired) electrons. The molecule has 2 amide bonds. The summed E-state index contributed by atoms with van der Waals surface area (Å²) in [5.41, 5.74) is 7.60. The van der Waals surface area contributed by atoms with Crippen molar-refractivity contribution in [3.05, 3.63) is 94.4 Å². The van der Waals surface area contributed by atoms with Crippen molar-refractivity contribution in [2.75, 3.05) is 42.2 Å². The summed E-state index contributed by atoms with van der Waals surface area (Å²) < 4.78 is 76.1. The summed E-state index contributed by atoms with van der Waals surface area (Å²) in [6, 6.07) is 10.4. The van der Waals surface area contributed by atoms with E-state index in [1.165, 1.54) is 23.4 Å². The van der Waals surface area contributed by atoms with Gasteiger partial charge in [-0.1, -0.05) is 43.9 Å². The molecule has 3 N–H and O–H groups in total. The van der Waals surface area contributed by atoms with Crippen LogP contribution in [0.1, 0.15) is 122 Å². The molecule has 4 heterocycles. The fourth-order valence-corrected chi connectivity index (χ4v) is 11.8. The van der Waals surface area contributed by atoms with Crippen LogP contribution in [0.5, 0.6) is 0 Å². The zero-order chi connectivity index (χ0) is 49.0. The van der Waals surface area contributed by atoms with Crippen LogP contribution >= 0.6 is 12.0 Å². The molecule has 2 saturated heterocycles. The van der Waals surface area contributed by atoms with E-state index >= 15 is 0 Å². The smallest absolute Gasteiger partial charge is 0.333 e. The van der Waals surface area contributed by atoms with Gasteiger partial charge in [0.15, 0.2) is 0 Å². The third-order valence-electron chi connectivity index (χ3n) is 13.8. The molecule has 368 valence electrons. The van der Waals surface area contributed by atoms with Gasteiger partial charge in [-0.15, -0.1) is 9.40 Å². The largest absolute Gasteiger partial charge is 0.347 e. The van der Waals surface area contributed by atoms with Crippen LogP contribution in [0.4, 0.5) is 11.4 Å². The lowest BCUT2D eigenvalue weighted by molar-refractivity contribution is -0.536. The maximum absolute atomic E-state index is 12.6. The summed E-state index contributed by atoms with van der Waals surface area (Å²) in [4.78, 5) is 46.3. The number of anilines is 2. The fraction of sp³-hybridized carbons (Fsp3) is 0.500. The molecule has 0 aromatic heterocycles. The van der Waals surface area contributed by atoms with E-state index in [0.717, 1.165) is 96.8 Å². The van der Waals surface area contributed by atoms with E-state index in [9.17, 15) is 40.3 Å². The van der Waals surface area contributed by atoms with Gasteiger partial charge in [0.2, 0.25) is 5.71 Å². The number of nitrogens with zero attached hydrogens (tertiary/aromatic N) is 4. The number of hydrogen-bond donors (Lipinski definition) is 3. The summed E-state index contributed by atoms with van der Waals surface area (Å²) in [5.74, 6) is -2.30. The highest BCUT2D eigenvalue weighted by Crippen LogP contribution is 2.52. The first-order chi connectivity index (χ1) is 32.2. The second-order valence-electron chi connectivity index (χ2n) is 18.7. The number of piperidine rings is 1. The van der Waals surface area contributed by atoms with Gasteiger partial charge in [-0.05, 0) is 112 Å². The first-order valence-electron chi connectivity index (χ1n) is 23.1. The molecule has 4 aliphatic heterocycles. The SMILES string of the molecule is CN1C(=CC=C2CCCC(=CC=C3N(CCCS(=O)(=O)O)c4ccc(S(=O)(=O)O)cc4C3(C)CCCCCC(=O)ON3C(=O)CCC3=O)C2=[N+]2CCCCC2)C(C)(C)c2cc(SOOO)ccc21. The lowest BCUT2D eigenvalue weighted by atomic mass is 9.76. The number of likely N-dealkylation sites (N-methyl/N-ethyl adjacent to an activating group) is 1. The van der Waals surface area contributed by atoms with Gasteiger partial charge in [-0.2, -0.15) is 16.8 Å². The van der Waals surface area contributed by atoms with E-state index in [4.69, 9.17) is 14.4 Å². The quantitative estimate of drug-likeness (QED) is 0.0259. The van der Waals surface area contributed by atoms with Gasteiger partial charge in [0.1, 0.15) is 13.1 Å². The Kier molecular flexibility index (Phi) is 15.9. The van der Waals surface area contributed by atoms with E-state index in [1.54, 1.807) is 6.07 Å².